The van der Waals surface area contributed by atoms with Crippen LogP contribution in [0.2, 0.25) is 0 Å². The quantitative estimate of drug-likeness (QED) is 0.552. The van der Waals surface area contributed by atoms with E-state index in [-0.39, 0.29) is 23.3 Å². The zero-order chi connectivity index (χ0) is 22.0. The first-order chi connectivity index (χ1) is 14.9. The molecule has 4 rings (SSSR count). The second-order valence-corrected chi connectivity index (χ2v) is 8.67. The Morgan fingerprint density at radius 2 is 2.19 bits per heavy atom. The molecule has 4 heterocycles. The third kappa shape index (κ3) is 4.64. The van der Waals surface area contributed by atoms with Crippen molar-refractivity contribution in [3.05, 3.63) is 51.3 Å². The van der Waals surface area contributed by atoms with E-state index >= 15 is 0 Å². The number of rotatable bonds is 7. The summed E-state index contributed by atoms with van der Waals surface area (Å²) in [6, 6.07) is 3.77. The van der Waals surface area contributed by atoms with Gasteiger partial charge in [-0.1, -0.05) is 17.8 Å². The highest BCUT2D eigenvalue weighted by Gasteiger charge is 2.18. The summed E-state index contributed by atoms with van der Waals surface area (Å²) >= 11 is 1.32. The minimum atomic E-state index is -0.100. The summed E-state index contributed by atoms with van der Waals surface area (Å²) in [5.41, 5.74) is 2.78. The Kier molecular flexibility index (Phi) is 6.38. The molecule has 31 heavy (non-hydrogen) atoms. The van der Waals surface area contributed by atoms with Crippen LogP contribution < -0.4 is 10.9 Å². The van der Waals surface area contributed by atoms with Crippen molar-refractivity contribution < 1.29 is 9.53 Å². The number of pyridine rings is 1. The lowest BCUT2D eigenvalue weighted by Crippen LogP contribution is -2.32. The molecule has 1 fully saturated rings. The first-order valence-corrected chi connectivity index (χ1v) is 11.3. The molecule has 0 spiro atoms. The van der Waals surface area contributed by atoms with Gasteiger partial charge in [-0.2, -0.15) is 0 Å². The van der Waals surface area contributed by atoms with Gasteiger partial charge in [-0.3, -0.25) is 14.0 Å². The van der Waals surface area contributed by atoms with E-state index in [4.69, 9.17) is 4.74 Å². The molecular weight excluding hydrogens is 416 g/mol. The highest BCUT2D eigenvalue weighted by molar-refractivity contribution is 7.99. The lowest BCUT2D eigenvalue weighted by Gasteiger charge is -2.10. The van der Waals surface area contributed by atoms with Gasteiger partial charge in [-0.15, -0.1) is 10.2 Å². The Bertz CT molecular complexity index is 1170. The third-order valence-electron chi connectivity index (χ3n) is 5.49. The smallest absolute Gasteiger partial charge is 0.261 e. The number of ether oxygens (including phenoxy) is 1. The number of nitrogens with one attached hydrogen (secondary N) is 1. The summed E-state index contributed by atoms with van der Waals surface area (Å²) in [5, 5.41) is 12.0. The molecule has 1 N–H and O–H groups in total. The number of nitrogens with zero attached hydrogens (tertiary/aromatic N) is 5. The minimum Gasteiger partial charge on any atom is -0.376 e. The molecule has 1 aliphatic rings. The Morgan fingerprint density at radius 1 is 1.35 bits per heavy atom. The van der Waals surface area contributed by atoms with Crippen LogP contribution in [0.4, 0.5) is 0 Å². The van der Waals surface area contributed by atoms with Crippen molar-refractivity contribution in [2.75, 3.05) is 18.9 Å². The predicted octanol–water partition coefficient (Wildman–Crippen LogP) is 1.42. The molecule has 1 amide bonds. The number of amides is 1. The number of carbonyl (C=O) groups is 1. The Morgan fingerprint density at radius 3 is 2.97 bits per heavy atom. The molecule has 0 aliphatic carbocycles. The van der Waals surface area contributed by atoms with Gasteiger partial charge in [0.05, 0.1) is 11.9 Å². The van der Waals surface area contributed by atoms with E-state index in [1.807, 2.05) is 37.6 Å². The van der Waals surface area contributed by atoms with Crippen LogP contribution in [0.25, 0.3) is 5.65 Å². The maximum Gasteiger partial charge on any atom is 0.261 e. The lowest BCUT2D eigenvalue weighted by molar-refractivity contribution is -0.119. The largest absolute Gasteiger partial charge is 0.376 e. The fraction of sp³-hybridized carbons (Fsp3) is 0.476. The molecule has 1 atom stereocenters. The molecule has 10 heteroatoms. The standard InChI is InChI=1S/C21H26N6O3S/c1-13-6-4-8-27-19(13)23-14(2)16(20(27)29)10-17-24-25-21(26(17)3)31-12-18(28)22-11-15-7-5-9-30-15/h4,6,8,15H,5,7,9-12H2,1-3H3,(H,22,28)/t15-/m1/s1. The summed E-state index contributed by atoms with van der Waals surface area (Å²) in [6.45, 7) is 5.09. The van der Waals surface area contributed by atoms with E-state index < -0.39 is 0 Å². The van der Waals surface area contributed by atoms with E-state index in [1.54, 1.807) is 10.6 Å². The highest BCUT2D eigenvalue weighted by Crippen LogP contribution is 2.18. The van der Waals surface area contributed by atoms with Crippen LogP contribution in [-0.2, 0) is 23.0 Å². The molecule has 0 aromatic carbocycles. The van der Waals surface area contributed by atoms with Gasteiger partial charge in [-0.05, 0) is 38.3 Å². The van der Waals surface area contributed by atoms with Crippen molar-refractivity contribution in [3.8, 4) is 0 Å². The molecule has 0 saturated carbocycles. The number of hydrogen-bond acceptors (Lipinski definition) is 7. The van der Waals surface area contributed by atoms with Crippen molar-refractivity contribution in [2.24, 2.45) is 7.05 Å². The topological polar surface area (TPSA) is 103 Å². The van der Waals surface area contributed by atoms with Crippen LogP contribution in [0, 0.1) is 13.8 Å². The van der Waals surface area contributed by atoms with Crippen molar-refractivity contribution >= 4 is 23.3 Å². The normalized spacial score (nSPS) is 16.2. The second-order valence-electron chi connectivity index (χ2n) is 7.73. The van der Waals surface area contributed by atoms with Crippen LogP contribution in [0.5, 0.6) is 0 Å². The maximum absolute atomic E-state index is 13.0. The summed E-state index contributed by atoms with van der Waals surface area (Å²) in [4.78, 5) is 29.8. The first-order valence-electron chi connectivity index (χ1n) is 10.3. The number of fused-ring (bicyclic) bond motifs is 1. The zero-order valence-corrected chi connectivity index (χ0v) is 18.7. The number of hydrogen-bond donors (Lipinski definition) is 1. The molecule has 0 bridgehead atoms. The second kappa shape index (κ2) is 9.19. The van der Waals surface area contributed by atoms with Gasteiger partial charge in [0.15, 0.2) is 5.16 Å². The Labute approximate surface area is 184 Å². The van der Waals surface area contributed by atoms with Crippen LogP contribution in [0.3, 0.4) is 0 Å². The van der Waals surface area contributed by atoms with Gasteiger partial charge in [0, 0.05) is 44.1 Å². The first kappa shape index (κ1) is 21.5. The zero-order valence-electron chi connectivity index (χ0n) is 17.9. The van der Waals surface area contributed by atoms with Crippen LogP contribution in [0.15, 0.2) is 28.3 Å². The van der Waals surface area contributed by atoms with E-state index in [2.05, 4.69) is 20.5 Å². The van der Waals surface area contributed by atoms with Gasteiger partial charge in [0.25, 0.3) is 5.56 Å². The average molecular weight is 443 g/mol. The number of carbonyl (C=O) groups excluding carboxylic acids is 1. The molecule has 164 valence electrons. The summed E-state index contributed by atoms with van der Waals surface area (Å²) < 4.78 is 8.91. The van der Waals surface area contributed by atoms with Gasteiger partial charge < -0.3 is 14.6 Å². The van der Waals surface area contributed by atoms with Gasteiger partial charge in [0.2, 0.25) is 5.91 Å². The van der Waals surface area contributed by atoms with Crippen LogP contribution >= 0.6 is 11.8 Å². The number of aromatic nitrogens is 5. The lowest BCUT2D eigenvalue weighted by atomic mass is 10.1. The fourth-order valence-electron chi connectivity index (χ4n) is 3.64. The van der Waals surface area contributed by atoms with Crippen LogP contribution in [0.1, 0.15) is 35.5 Å². The Balaban J connectivity index is 1.44. The van der Waals surface area contributed by atoms with Crippen molar-refractivity contribution in [1.29, 1.82) is 0 Å². The highest BCUT2D eigenvalue weighted by atomic mass is 32.2. The monoisotopic (exact) mass is 442 g/mol. The van der Waals surface area contributed by atoms with Gasteiger partial charge in [-0.25, -0.2) is 4.98 Å². The number of thioether (sulfide) groups is 1. The summed E-state index contributed by atoms with van der Waals surface area (Å²) in [5.74, 6) is 0.835. The number of aryl methyl sites for hydroxylation is 2. The van der Waals surface area contributed by atoms with Crippen molar-refractivity contribution in [3.63, 3.8) is 0 Å². The maximum atomic E-state index is 13.0. The van der Waals surface area contributed by atoms with E-state index in [1.165, 1.54) is 11.8 Å². The average Bonchev–Trinajstić information content (AvgIpc) is 3.39. The van der Waals surface area contributed by atoms with E-state index in [0.717, 1.165) is 25.0 Å². The van der Waals surface area contributed by atoms with Gasteiger partial charge in [0.1, 0.15) is 11.5 Å². The summed E-state index contributed by atoms with van der Waals surface area (Å²) in [7, 11) is 1.84. The minimum absolute atomic E-state index is 0.0618. The van der Waals surface area contributed by atoms with Crippen molar-refractivity contribution in [2.45, 2.75) is 44.4 Å². The molecule has 0 unspecified atom stereocenters. The molecule has 1 saturated heterocycles. The third-order valence-corrected chi connectivity index (χ3v) is 6.51. The molecule has 0 radical (unpaired) electrons. The van der Waals surface area contributed by atoms with E-state index in [9.17, 15) is 9.59 Å². The molecule has 3 aromatic rings. The fourth-order valence-corrected chi connectivity index (χ4v) is 4.40. The Hall–Kier alpha value is -2.72. The SMILES string of the molecule is Cc1nc2c(C)cccn2c(=O)c1Cc1nnc(SCC(=O)NC[C@H]2CCCO2)n1C. The molecule has 3 aromatic heterocycles. The van der Waals surface area contributed by atoms with E-state index in [0.29, 0.717) is 40.9 Å². The van der Waals surface area contributed by atoms with Crippen LogP contribution in [-0.4, -0.2) is 55.1 Å². The molecule has 1 aliphatic heterocycles. The molecular formula is C21H26N6O3S. The van der Waals surface area contributed by atoms with Gasteiger partial charge >= 0.3 is 0 Å². The molecule has 9 nitrogen and oxygen atoms in total. The summed E-state index contributed by atoms with van der Waals surface area (Å²) in [6.07, 6.45) is 4.21. The van der Waals surface area contributed by atoms with Crippen molar-refractivity contribution in [1.82, 2.24) is 29.5 Å². The predicted molar refractivity (Wildman–Crippen MR) is 117 cm³/mol.